The zero-order valence-electron chi connectivity index (χ0n) is 11.0. The number of rotatable bonds is 5. The van der Waals surface area contributed by atoms with E-state index < -0.39 is 33.8 Å². The molecular weight excluding hydrogens is 401 g/mol. The first-order valence-electron chi connectivity index (χ1n) is 5.99. The van der Waals surface area contributed by atoms with Gasteiger partial charge in [0.1, 0.15) is 9.73 Å². The largest absolute Gasteiger partial charge is 0.301 e. The monoisotopic (exact) mass is 410 g/mol. The van der Waals surface area contributed by atoms with E-state index in [0.29, 0.717) is 9.48 Å². The van der Waals surface area contributed by atoms with Gasteiger partial charge in [-0.15, -0.1) is 0 Å². The second-order valence-corrected chi connectivity index (χ2v) is 8.98. The molecule has 0 fully saturated rings. The summed E-state index contributed by atoms with van der Waals surface area (Å²) in [6.07, 6.45) is -3.19. The molecule has 0 amide bonds. The van der Waals surface area contributed by atoms with Gasteiger partial charge in [-0.3, -0.25) is 0 Å². The summed E-state index contributed by atoms with van der Waals surface area (Å²) in [5.41, 5.74) is 1.29. The molecule has 0 aliphatic rings. The fourth-order valence-electron chi connectivity index (χ4n) is 1.61. The molecular formula is C13H10BrF3N2OS2. The number of aromatic nitrogens is 1. The average Bonchev–Trinajstić information content (AvgIpc) is 2.88. The van der Waals surface area contributed by atoms with E-state index >= 15 is 0 Å². The van der Waals surface area contributed by atoms with E-state index in [4.69, 9.17) is 4.78 Å². The molecule has 9 heteroatoms. The Balaban J connectivity index is 2.28. The van der Waals surface area contributed by atoms with Crippen LogP contribution < -0.4 is 0 Å². The molecule has 22 heavy (non-hydrogen) atoms. The van der Waals surface area contributed by atoms with E-state index in [0.717, 1.165) is 16.9 Å². The number of hydrogen-bond donors (Lipinski definition) is 1. The minimum Gasteiger partial charge on any atom is -0.247 e. The van der Waals surface area contributed by atoms with Crippen LogP contribution in [0.15, 0.2) is 50.4 Å². The van der Waals surface area contributed by atoms with Crippen LogP contribution in [0, 0.1) is 4.78 Å². The molecule has 0 radical (unpaired) electrons. The van der Waals surface area contributed by atoms with Crippen LogP contribution in [-0.2, 0) is 9.73 Å². The summed E-state index contributed by atoms with van der Waals surface area (Å²) in [5.74, 6) is -2.18. The second-order valence-electron chi connectivity index (χ2n) is 4.26. The van der Waals surface area contributed by atoms with Crippen LogP contribution in [0.5, 0.6) is 0 Å². The Kier molecular flexibility index (Phi) is 5.41. The number of thiazole rings is 1. The van der Waals surface area contributed by atoms with Gasteiger partial charge in [0.15, 0.2) is 10.2 Å². The zero-order chi connectivity index (χ0) is 16.3. The highest BCUT2D eigenvalue weighted by Gasteiger charge is 2.20. The number of allylic oxidation sites excluding steroid dienone is 1. The molecule has 0 aliphatic carbocycles. The van der Waals surface area contributed by atoms with Crippen LogP contribution in [0.1, 0.15) is 6.42 Å². The molecule has 1 aromatic heterocycles. The van der Waals surface area contributed by atoms with E-state index in [1.807, 2.05) is 18.2 Å². The smallest absolute Gasteiger partial charge is 0.247 e. The van der Waals surface area contributed by atoms with Gasteiger partial charge in [-0.25, -0.2) is 18.4 Å². The highest BCUT2D eigenvalue weighted by Crippen LogP contribution is 2.35. The Labute approximate surface area is 138 Å². The Morgan fingerprint density at radius 1 is 1.27 bits per heavy atom. The number of nitrogens with zero attached hydrogens (tertiary/aromatic N) is 1. The summed E-state index contributed by atoms with van der Waals surface area (Å²) >= 11 is 4.29. The first-order chi connectivity index (χ1) is 10.3. The van der Waals surface area contributed by atoms with E-state index in [1.165, 1.54) is 0 Å². The standard InChI is InChI=1S/C13H10BrF3N2OS2/c14-11-10(8-4-2-1-3-5-8)19-13(21-11)22(18,20)7-6-9(15)12(16)17/h1-5,18H,6-7H2. The van der Waals surface area contributed by atoms with Crippen molar-refractivity contribution < 1.29 is 17.4 Å². The predicted molar refractivity (Wildman–Crippen MR) is 84.2 cm³/mol. The Morgan fingerprint density at radius 2 is 1.91 bits per heavy atom. The van der Waals surface area contributed by atoms with Crippen molar-refractivity contribution in [3.63, 3.8) is 0 Å². The summed E-state index contributed by atoms with van der Waals surface area (Å²) in [5, 5.41) is 0. The molecule has 1 aromatic carbocycles. The van der Waals surface area contributed by atoms with Gasteiger partial charge in [-0.05, 0) is 15.9 Å². The summed E-state index contributed by atoms with van der Waals surface area (Å²) in [4.78, 5) is 4.16. The Bertz CT molecular complexity index is 800. The Hall–Kier alpha value is -1.19. The van der Waals surface area contributed by atoms with Crippen molar-refractivity contribution in [1.82, 2.24) is 4.98 Å². The van der Waals surface area contributed by atoms with Gasteiger partial charge >= 0.3 is 6.08 Å². The molecule has 3 nitrogen and oxygen atoms in total. The molecule has 2 rings (SSSR count). The van der Waals surface area contributed by atoms with Crippen LogP contribution in [0.3, 0.4) is 0 Å². The molecule has 1 N–H and O–H groups in total. The first-order valence-corrected chi connectivity index (χ1v) is 9.33. The van der Waals surface area contributed by atoms with Crippen molar-refractivity contribution >= 4 is 37.0 Å². The molecule has 1 heterocycles. The predicted octanol–water partition coefficient (Wildman–Crippen LogP) is 5.45. The zero-order valence-corrected chi connectivity index (χ0v) is 14.2. The van der Waals surface area contributed by atoms with Gasteiger partial charge in [-0.2, -0.15) is 8.78 Å². The number of hydrogen-bond acceptors (Lipinski definition) is 4. The van der Waals surface area contributed by atoms with Gasteiger partial charge in [0.2, 0.25) is 0 Å². The maximum absolute atomic E-state index is 12.8. The first kappa shape index (κ1) is 17.2. The van der Waals surface area contributed by atoms with Crippen LogP contribution >= 0.6 is 27.3 Å². The summed E-state index contributed by atoms with van der Waals surface area (Å²) < 4.78 is 57.5. The molecule has 0 bridgehead atoms. The normalized spacial score (nSPS) is 13.6. The molecule has 0 spiro atoms. The SMILES string of the molecule is N=S(=O)(CCC(F)=C(F)F)c1nc(-c2ccccc2)c(Br)s1. The molecule has 0 saturated heterocycles. The number of nitrogens with one attached hydrogen (secondary N) is 1. The molecule has 1 unspecified atom stereocenters. The van der Waals surface area contributed by atoms with Crippen LogP contribution in [0.25, 0.3) is 11.3 Å². The summed E-state index contributed by atoms with van der Waals surface area (Å²) in [6, 6.07) is 9.05. The Morgan fingerprint density at radius 3 is 2.50 bits per heavy atom. The third-order valence-electron chi connectivity index (χ3n) is 2.71. The van der Waals surface area contributed by atoms with E-state index in [9.17, 15) is 17.4 Å². The third kappa shape index (κ3) is 3.96. The summed E-state index contributed by atoms with van der Waals surface area (Å²) in [6.45, 7) is 0. The van der Waals surface area contributed by atoms with Gasteiger partial charge in [0, 0.05) is 17.7 Å². The average molecular weight is 411 g/mol. The molecule has 2 aromatic rings. The van der Waals surface area contributed by atoms with Gasteiger partial charge < -0.3 is 0 Å². The molecule has 0 saturated carbocycles. The maximum atomic E-state index is 12.8. The second kappa shape index (κ2) is 6.93. The van der Waals surface area contributed by atoms with Gasteiger partial charge in [0.05, 0.1) is 9.48 Å². The lowest BCUT2D eigenvalue weighted by Gasteiger charge is -2.02. The lowest BCUT2D eigenvalue weighted by Crippen LogP contribution is -2.05. The van der Waals surface area contributed by atoms with Crippen molar-refractivity contribution in [2.45, 2.75) is 10.8 Å². The van der Waals surface area contributed by atoms with Crippen molar-refractivity contribution in [2.75, 3.05) is 5.75 Å². The summed E-state index contributed by atoms with van der Waals surface area (Å²) in [7, 11) is -3.43. The maximum Gasteiger partial charge on any atom is 0.301 e. The van der Waals surface area contributed by atoms with E-state index in [-0.39, 0.29) is 4.34 Å². The van der Waals surface area contributed by atoms with Crippen LogP contribution in [0.4, 0.5) is 13.2 Å². The van der Waals surface area contributed by atoms with E-state index in [2.05, 4.69) is 20.9 Å². The minimum absolute atomic E-state index is 0.00899. The van der Waals surface area contributed by atoms with Crippen molar-refractivity contribution in [2.24, 2.45) is 0 Å². The van der Waals surface area contributed by atoms with Crippen molar-refractivity contribution in [3.8, 4) is 11.3 Å². The number of halogens is 4. The fraction of sp³-hybridized carbons (Fsp3) is 0.154. The fourth-order valence-corrected chi connectivity index (χ4v) is 5.18. The topological polar surface area (TPSA) is 53.8 Å². The molecule has 118 valence electrons. The lowest BCUT2D eigenvalue weighted by atomic mass is 10.2. The quantitative estimate of drug-likeness (QED) is 0.712. The minimum atomic E-state index is -3.43. The molecule has 0 aliphatic heterocycles. The van der Waals surface area contributed by atoms with Gasteiger partial charge in [-0.1, -0.05) is 41.7 Å². The van der Waals surface area contributed by atoms with Gasteiger partial charge in [0.25, 0.3) is 0 Å². The molecule has 1 atom stereocenters. The van der Waals surface area contributed by atoms with Crippen molar-refractivity contribution in [1.29, 1.82) is 4.78 Å². The lowest BCUT2D eigenvalue weighted by molar-refractivity contribution is 0.373. The van der Waals surface area contributed by atoms with Crippen molar-refractivity contribution in [3.05, 3.63) is 46.0 Å². The van der Waals surface area contributed by atoms with Crippen LogP contribution in [-0.4, -0.2) is 14.9 Å². The third-order valence-corrected chi connectivity index (χ3v) is 6.70. The van der Waals surface area contributed by atoms with E-state index in [1.54, 1.807) is 12.1 Å². The number of benzene rings is 1. The highest BCUT2D eigenvalue weighted by atomic mass is 79.9. The highest BCUT2D eigenvalue weighted by molar-refractivity contribution is 9.11. The van der Waals surface area contributed by atoms with Crippen LogP contribution in [0.2, 0.25) is 0 Å².